The molecule has 0 aliphatic heterocycles. The average Bonchev–Trinajstić information content (AvgIpc) is 2.87. The fourth-order valence-corrected chi connectivity index (χ4v) is 3.01. The SMILES string of the molecule is C#Cc1ccc(NC(=O)c2cc(C#C)ccc2NC(=O)c2ccc(C=NN(C)CC)cc2F)cc1. The predicted molar refractivity (Wildman–Crippen MR) is 137 cm³/mol. The molecule has 0 saturated carbocycles. The molecule has 0 aliphatic rings. The van der Waals surface area contributed by atoms with Crippen LogP contribution in [-0.4, -0.2) is 36.6 Å². The second-order valence-corrected chi connectivity index (χ2v) is 7.49. The Morgan fingerprint density at radius 1 is 0.943 bits per heavy atom. The summed E-state index contributed by atoms with van der Waals surface area (Å²) < 4.78 is 14.7. The molecule has 6 nitrogen and oxygen atoms in total. The zero-order valence-electron chi connectivity index (χ0n) is 19.3. The van der Waals surface area contributed by atoms with Crippen LogP contribution in [0.15, 0.2) is 65.8 Å². The van der Waals surface area contributed by atoms with Gasteiger partial charge in [-0.2, -0.15) is 5.10 Å². The van der Waals surface area contributed by atoms with Gasteiger partial charge < -0.3 is 15.6 Å². The van der Waals surface area contributed by atoms with E-state index in [-0.39, 0.29) is 16.8 Å². The van der Waals surface area contributed by atoms with Gasteiger partial charge in [-0.25, -0.2) is 4.39 Å². The lowest BCUT2D eigenvalue weighted by Gasteiger charge is -2.13. The minimum atomic E-state index is -0.717. The molecule has 2 amide bonds. The van der Waals surface area contributed by atoms with Crippen molar-refractivity contribution >= 4 is 29.4 Å². The number of hydrogen-bond donors (Lipinski definition) is 2. The van der Waals surface area contributed by atoms with Crippen LogP contribution in [0.5, 0.6) is 0 Å². The molecule has 0 fully saturated rings. The first kappa shape index (κ1) is 24.8. The number of anilines is 2. The maximum Gasteiger partial charge on any atom is 0.258 e. The molecule has 0 saturated heterocycles. The summed E-state index contributed by atoms with van der Waals surface area (Å²) in [5, 5.41) is 11.2. The van der Waals surface area contributed by atoms with Crippen LogP contribution in [0.3, 0.4) is 0 Å². The Balaban J connectivity index is 1.84. The summed E-state index contributed by atoms with van der Waals surface area (Å²) in [7, 11) is 1.79. The van der Waals surface area contributed by atoms with Crippen molar-refractivity contribution in [2.45, 2.75) is 6.92 Å². The normalized spacial score (nSPS) is 10.3. The number of benzene rings is 3. The highest BCUT2D eigenvalue weighted by molar-refractivity contribution is 6.12. The molecule has 174 valence electrons. The molecule has 0 aromatic heterocycles. The van der Waals surface area contributed by atoms with Crippen LogP contribution in [0, 0.1) is 30.5 Å². The fraction of sp³-hybridized carbons (Fsp3) is 0.107. The van der Waals surface area contributed by atoms with E-state index < -0.39 is 17.6 Å². The summed E-state index contributed by atoms with van der Waals surface area (Å²) in [5.74, 6) is 3.03. The Morgan fingerprint density at radius 3 is 2.23 bits per heavy atom. The van der Waals surface area contributed by atoms with E-state index in [1.165, 1.54) is 30.5 Å². The van der Waals surface area contributed by atoms with E-state index in [0.29, 0.717) is 28.9 Å². The minimum absolute atomic E-state index is 0.126. The van der Waals surface area contributed by atoms with Gasteiger partial charge in [0.25, 0.3) is 11.8 Å². The third-order valence-electron chi connectivity index (χ3n) is 5.09. The van der Waals surface area contributed by atoms with Gasteiger partial charge in [0.1, 0.15) is 5.82 Å². The summed E-state index contributed by atoms with van der Waals surface area (Å²) in [6.45, 7) is 2.63. The van der Waals surface area contributed by atoms with Crippen LogP contribution in [0.1, 0.15) is 44.3 Å². The van der Waals surface area contributed by atoms with Crippen molar-refractivity contribution in [3.05, 3.63) is 94.3 Å². The number of hydrogen-bond acceptors (Lipinski definition) is 4. The third kappa shape index (κ3) is 6.34. The van der Waals surface area contributed by atoms with Gasteiger partial charge in [0, 0.05) is 30.4 Å². The van der Waals surface area contributed by atoms with E-state index in [2.05, 4.69) is 27.6 Å². The molecule has 35 heavy (non-hydrogen) atoms. The molecule has 3 rings (SSSR count). The van der Waals surface area contributed by atoms with E-state index in [4.69, 9.17) is 12.8 Å². The van der Waals surface area contributed by atoms with Crippen molar-refractivity contribution in [3.8, 4) is 24.7 Å². The smallest absolute Gasteiger partial charge is 0.258 e. The number of nitrogens with one attached hydrogen (secondary N) is 2. The van der Waals surface area contributed by atoms with Gasteiger partial charge >= 0.3 is 0 Å². The summed E-state index contributed by atoms with van der Waals surface area (Å²) in [6.07, 6.45) is 12.3. The third-order valence-corrected chi connectivity index (χ3v) is 5.09. The summed E-state index contributed by atoms with van der Waals surface area (Å²) in [6, 6.07) is 15.4. The fourth-order valence-electron chi connectivity index (χ4n) is 3.01. The first-order valence-corrected chi connectivity index (χ1v) is 10.7. The van der Waals surface area contributed by atoms with Gasteiger partial charge in [-0.3, -0.25) is 9.59 Å². The number of amides is 2. The molecule has 0 atom stereocenters. The van der Waals surface area contributed by atoms with Crippen LogP contribution in [0.25, 0.3) is 0 Å². The second kappa shape index (κ2) is 11.3. The molecule has 0 bridgehead atoms. The zero-order chi connectivity index (χ0) is 25.4. The molecule has 3 aromatic carbocycles. The van der Waals surface area contributed by atoms with Gasteiger partial charge in [0.2, 0.25) is 0 Å². The predicted octanol–water partition coefficient (Wildman–Crippen LogP) is 4.58. The van der Waals surface area contributed by atoms with E-state index in [9.17, 15) is 14.0 Å². The summed E-state index contributed by atoms with van der Waals surface area (Å²) in [4.78, 5) is 25.8. The average molecular weight is 467 g/mol. The molecule has 0 radical (unpaired) electrons. The van der Waals surface area contributed by atoms with Crippen LogP contribution in [0.2, 0.25) is 0 Å². The quantitative estimate of drug-likeness (QED) is 0.304. The van der Waals surface area contributed by atoms with Crippen LogP contribution in [0.4, 0.5) is 15.8 Å². The highest BCUT2D eigenvalue weighted by atomic mass is 19.1. The van der Waals surface area contributed by atoms with Gasteiger partial charge in [0.15, 0.2) is 0 Å². The number of halogens is 1. The zero-order valence-corrected chi connectivity index (χ0v) is 19.3. The molecule has 0 aliphatic carbocycles. The summed E-state index contributed by atoms with van der Waals surface area (Å²) >= 11 is 0. The van der Waals surface area contributed by atoms with Crippen molar-refractivity contribution in [1.82, 2.24) is 5.01 Å². The molecular formula is C28H23FN4O2. The molecule has 3 aromatic rings. The Kier molecular flexibility index (Phi) is 8.00. The first-order valence-electron chi connectivity index (χ1n) is 10.7. The highest BCUT2D eigenvalue weighted by Gasteiger charge is 2.18. The topological polar surface area (TPSA) is 73.8 Å². The van der Waals surface area contributed by atoms with Crippen LogP contribution < -0.4 is 10.6 Å². The van der Waals surface area contributed by atoms with Gasteiger partial charge in [-0.15, -0.1) is 12.8 Å². The maximum atomic E-state index is 14.7. The Bertz CT molecular complexity index is 1370. The van der Waals surface area contributed by atoms with E-state index in [1.54, 1.807) is 48.5 Å². The molecular weight excluding hydrogens is 443 g/mol. The number of nitrogens with zero attached hydrogens (tertiary/aromatic N) is 2. The lowest BCUT2D eigenvalue weighted by atomic mass is 10.1. The molecule has 0 heterocycles. The number of carbonyl (C=O) groups excluding carboxylic acids is 2. The van der Waals surface area contributed by atoms with E-state index in [0.717, 1.165) is 0 Å². The van der Waals surface area contributed by atoms with E-state index >= 15 is 0 Å². The monoisotopic (exact) mass is 466 g/mol. The Morgan fingerprint density at radius 2 is 1.60 bits per heavy atom. The van der Waals surface area contributed by atoms with Gasteiger partial charge in [0.05, 0.1) is 23.0 Å². The Labute approximate surface area is 203 Å². The van der Waals surface area contributed by atoms with Crippen molar-refractivity contribution in [2.24, 2.45) is 5.10 Å². The summed E-state index contributed by atoms with van der Waals surface area (Å²) in [5.41, 5.74) is 2.26. The molecule has 0 unspecified atom stereocenters. The van der Waals surface area contributed by atoms with Crippen molar-refractivity contribution in [1.29, 1.82) is 0 Å². The molecule has 2 N–H and O–H groups in total. The standard InChI is InChI=1S/C28H23FN4O2/c1-5-19-8-12-22(13-9-19)31-28(35)24-16-20(6-2)11-15-26(24)32-27(34)23-14-10-21(17-25(23)29)18-30-33(4)7-3/h1-2,8-18H,7H2,3-4H3,(H,31,35)(H,32,34). The first-order chi connectivity index (χ1) is 16.8. The van der Waals surface area contributed by atoms with Crippen molar-refractivity contribution < 1.29 is 14.0 Å². The lowest BCUT2D eigenvalue weighted by Crippen LogP contribution is -2.19. The largest absolute Gasteiger partial charge is 0.322 e. The molecule has 7 heteroatoms. The number of rotatable bonds is 7. The maximum absolute atomic E-state index is 14.7. The van der Waals surface area contributed by atoms with Gasteiger partial charge in [-0.05, 0) is 67.1 Å². The number of terminal acetylenes is 2. The molecule has 0 spiro atoms. The minimum Gasteiger partial charge on any atom is -0.322 e. The highest BCUT2D eigenvalue weighted by Crippen LogP contribution is 2.21. The van der Waals surface area contributed by atoms with Crippen molar-refractivity contribution in [3.63, 3.8) is 0 Å². The number of hydrazone groups is 1. The van der Waals surface area contributed by atoms with E-state index in [1.807, 2.05) is 6.92 Å². The van der Waals surface area contributed by atoms with Crippen molar-refractivity contribution in [2.75, 3.05) is 24.2 Å². The van der Waals surface area contributed by atoms with Crippen LogP contribution >= 0.6 is 0 Å². The number of carbonyl (C=O) groups is 2. The second-order valence-electron chi connectivity index (χ2n) is 7.49. The Hall–Kier alpha value is -4.88. The van der Waals surface area contributed by atoms with Gasteiger partial charge in [-0.1, -0.05) is 17.9 Å². The lowest BCUT2D eigenvalue weighted by molar-refractivity contribution is 0.102. The van der Waals surface area contributed by atoms with Crippen LogP contribution in [-0.2, 0) is 0 Å².